The van der Waals surface area contributed by atoms with Gasteiger partial charge in [0.1, 0.15) is 4.47 Å². The van der Waals surface area contributed by atoms with Crippen LogP contribution in [0.25, 0.3) is 0 Å². The van der Waals surface area contributed by atoms with E-state index in [1.165, 1.54) is 10.9 Å². The first-order valence-electron chi connectivity index (χ1n) is 5.85. The summed E-state index contributed by atoms with van der Waals surface area (Å²) in [7, 11) is 0.281. The highest BCUT2D eigenvalue weighted by molar-refractivity contribution is 9.10. The van der Waals surface area contributed by atoms with Crippen LogP contribution in [0.1, 0.15) is 0 Å². The Hall–Kier alpha value is -0.970. The summed E-state index contributed by atoms with van der Waals surface area (Å²) in [6.45, 7) is 1.28. The van der Waals surface area contributed by atoms with Crippen molar-refractivity contribution >= 4 is 31.6 Å². The third kappa shape index (κ3) is 5.57. The Morgan fingerprint density at radius 1 is 1.50 bits per heavy atom. The zero-order chi connectivity index (χ0) is 15.3. The van der Waals surface area contributed by atoms with E-state index in [0.717, 1.165) is 0 Å². The van der Waals surface area contributed by atoms with E-state index in [2.05, 4.69) is 26.3 Å². The van der Waals surface area contributed by atoms with Crippen molar-refractivity contribution < 1.29 is 8.42 Å². The van der Waals surface area contributed by atoms with Crippen molar-refractivity contribution in [3.63, 3.8) is 0 Å². The molecule has 0 bridgehead atoms. The number of hydrogen-bond acceptors (Lipinski definition) is 6. The molecule has 8 nitrogen and oxygen atoms in total. The van der Waals surface area contributed by atoms with Crippen molar-refractivity contribution in [2.24, 2.45) is 5.14 Å². The Kier molecular flexibility index (Phi) is 6.11. The molecule has 0 saturated heterocycles. The first-order valence-corrected chi connectivity index (χ1v) is 8.36. The fraction of sp³-hybridized carbons (Fsp3) is 0.600. The number of nitrogens with zero attached hydrogens (tertiary/aromatic N) is 3. The molecule has 0 radical (unpaired) electrons. The number of likely N-dealkylation sites (N-methyl/N-ethyl adjacent to an activating group) is 1. The van der Waals surface area contributed by atoms with Crippen LogP contribution in [0.5, 0.6) is 0 Å². The van der Waals surface area contributed by atoms with E-state index in [1.54, 1.807) is 0 Å². The molecular weight excluding hydrogens is 350 g/mol. The van der Waals surface area contributed by atoms with Gasteiger partial charge in [-0.1, -0.05) is 0 Å². The first kappa shape index (κ1) is 17.1. The summed E-state index contributed by atoms with van der Waals surface area (Å²) in [6, 6.07) is 0. The minimum Gasteiger partial charge on any atom is -0.382 e. The Morgan fingerprint density at radius 2 is 2.15 bits per heavy atom. The molecule has 1 aromatic heterocycles. The molecule has 20 heavy (non-hydrogen) atoms. The molecule has 3 N–H and O–H groups in total. The van der Waals surface area contributed by atoms with E-state index in [0.29, 0.717) is 23.2 Å². The lowest BCUT2D eigenvalue weighted by Gasteiger charge is -2.12. The van der Waals surface area contributed by atoms with E-state index in [9.17, 15) is 13.2 Å². The number of halogens is 1. The van der Waals surface area contributed by atoms with Crippen LogP contribution < -0.4 is 16.0 Å². The van der Waals surface area contributed by atoms with Crippen molar-refractivity contribution in [2.75, 3.05) is 38.3 Å². The van der Waals surface area contributed by atoms with Gasteiger partial charge >= 0.3 is 0 Å². The average molecular weight is 368 g/mol. The van der Waals surface area contributed by atoms with Gasteiger partial charge in [-0.3, -0.25) is 4.79 Å². The fourth-order valence-electron chi connectivity index (χ4n) is 1.37. The van der Waals surface area contributed by atoms with E-state index >= 15 is 0 Å². The molecule has 0 atom stereocenters. The minimum atomic E-state index is -3.53. The van der Waals surface area contributed by atoms with Crippen LogP contribution >= 0.6 is 15.9 Å². The SMILES string of the molecule is CN(C)CCn1ncc(NCCS(N)(=O)=O)c(Br)c1=O. The van der Waals surface area contributed by atoms with Crippen molar-refractivity contribution in [1.82, 2.24) is 14.7 Å². The van der Waals surface area contributed by atoms with Crippen molar-refractivity contribution in [1.29, 1.82) is 0 Å². The van der Waals surface area contributed by atoms with Gasteiger partial charge in [-0.05, 0) is 30.0 Å². The largest absolute Gasteiger partial charge is 0.382 e. The van der Waals surface area contributed by atoms with Crippen LogP contribution in [0.3, 0.4) is 0 Å². The minimum absolute atomic E-state index is 0.111. The maximum Gasteiger partial charge on any atom is 0.283 e. The van der Waals surface area contributed by atoms with E-state index < -0.39 is 10.0 Å². The van der Waals surface area contributed by atoms with Gasteiger partial charge in [-0.15, -0.1) is 0 Å². The van der Waals surface area contributed by atoms with Gasteiger partial charge in [-0.2, -0.15) is 5.10 Å². The number of aromatic nitrogens is 2. The molecule has 1 rings (SSSR count). The van der Waals surface area contributed by atoms with Gasteiger partial charge in [0.05, 0.1) is 24.2 Å². The van der Waals surface area contributed by atoms with E-state index in [-0.39, 0.29) is 17.9 Å². The Morgan fingerprint density at radius 3 is 2.70 bits per heavy atom. The van der Waals surface area contributed by atoms with Gasteiger partial charge in [-0.25, -0.2) is 18.2 Å². The molecule has 0 aliphatic rings. The van der Waals surface area contributed by atoms with Crippen LogP contribution in [-0.4, -0.2) is 56.0 Å². The summed E-state index contributed by atoms with van der Waals surface area (Å²) in [4.78, 5) is 14.0. The van der Waals surface area contributed by atoms with E-state index in [4.69, 9.17) is 5.14 Å². The zero-order valence-electron chi connectivity index (χ0n) is 11.3. The molecule has 0 unspecified atom stereocenters. The van der Waals surface area contributed by atoms with Crippen LogP contribution in [0.4, 0.5) is 5.69 Å². The maximum atomic E-state index is 12.0. The smallest absolute Gasteiger partial charge is 0.283 e. The molecule has 0 saturated carbocycles. The number of hydrogen-bond donors (Lipinski definition) is 2. The van der Waals surface area contributed by atoms with Gasteiger partial charge < -0.3 is 10.2 Å². The van der Waals surface area contributed by atoms with E-state index in [1.807, 2.05) is 19.0 Å². The summed E-state index contributed by atoms with van der Waals surface area (Å²) in [6.07, 6.45) is 1.48. The maximum absolute atomic E-state index is 12.0. The first-order chi connectivity index (χ1) is 9.20. The lowest BCUT2D eigenvalue weighted by atomic mass is 10.4. The molecule has 1 aromatic rings. The second-order valence-corrected chi connectivity index (χ2v) is 7.02. The number of primary sulfonamides is 1. The monoisotopic (exact) mass is 367 g/mol. The van der Waals surface area contributed by atoms with Gasteiger partial charge in [0.2, 0.25) is 10.0 Å². The number of rotatable bonds is 7. The third-order valence-electron chi connectivity index (χ3n) is 2.45. The predicted molar refractivity (Wildman–Crippen MR) is 81.2 cm³/mol. The lowest BCUT2D eigenvalue weighted by molar-refractivity contribution is 0.367. The second-order valence-electron chi connectivity index (χ2n) is 4.50. The molecule has 0 aromatic carbocycles. The molecule has 0 amide bonds. The predicted octanol–water partition coefficient (Wildman–Crippen LogP) is -0.732. The highest BCUT2D eigenvalue weighted by Gasteiger charge is 2.09. The van der Waals surface area contributed by atoms with Crippen molar-refractivity contribution in [3.05, 3.63) is 21.0 Å². The Balaban J connectivity index is 2.76. The molecule has 0 spiro atoms. The van der Waals surface area contributed by atoms with Gasteiger partial charge in [0.15, 0.2) is 0 Å². The number of nitrogens with one attached hydrogen (secondary N) is 1. The fourth-order valence-corrected chi connectivity index (χ4v) is 2.20. The van der Waals surface area contributed by atoms with Gasteiger partial charge in [0, 0.05) is 13.1 Å². The number of nitrogens with two attached hydrogens (primary N) is 1. The molecule has 10 heteroatoms. The Bertz CT molecular complexity index is 614. The standard InChI is InChI=1S/C10H18BrN5O3S/c1-15(2)4-5-16-10(17)9(11)8(7-14-16)13-3-6-20(12,18)19/h7,13H,3-6H2,1-2H3,(H2,12,18,19). The zero-order valence-corrected chi connectivity index (χ0v) is 13.7. The number of anilines is 1. The van der Waals surface area contributed by atoms with Crippen LogP contribution in [0.15, 0.2) is 15.5 Å². The molecule has 0 aliphatic heterocycles. The highest BCUT2D eigenvalue weighted by Crippen LogP contribution is 2.15. The lowest BCUT2D eigenvalue weighted by Crippen LogP contribution is -2.30. The normalized spacial score (nSPS) is 11.8. The summed E-state index contributed by atoms with van der Waals surface area (Å²) >= 11 is 3.19. The molecule has 0 aliphatic carbocycles. The number of sulfonamides is 1. The third-order valence-corrected chi connectivity index (χ3v) is 3.99. The topological polar surface area (TPSA) is 110 Å². The van der Waals surface area contributed by atoms with Crippen molar-refractivity contribution in [3.8, 4) is 0 Å². The second kappa shape index (κ2) is 7.16. The highest BCUT2D eigenvalue weighted by atomic mass is 79.9. The molecule has 0 fully saturated rings. The van der Waals surface area contributed by atoms with Crippen LogP contribution in [0, 0.1) is 0 Å². The Labute approximate surface area is 126 Å². The molecular formula is C10H18BrN5O3S. The van der Waals surface area contributed by atoms with Gasteiger partial charge in [0.25, 0.3) is 5.56 Å². The summed E-state index contributed by atoms with van der Waals surface area (Å²) in [5.41, 5.74) is 0.173. The quantitative estimate of drug-likeness (QED) is 0.657. The van der Waals surface area contributed by atoms with Crippen LogP contribution in [0.2, 0.25) is 0 Å². The van der Waals surface area contributed by atoms with Crippen LogP contribution in [-0.2, 0) is 16.6 Å². The summed E-state index contributed by atoms with van der Waals surface area (Å²) < 4.78 is 23.3. The average Bonchev–Trinajstić information content (AvgIpc) is 2.32. The molecule has 114 valence electrons. The molecule has 1 heterocycles. The summed E-state index contributed by atoms with van der Waals surface area (Å²) in [5.74, 6) is -0.219. The summed E-state index contributed by atoms with van der Waals surface area (Å²) in [5, 5.41) is 11.7. The van der Waals surface area contributed by atoms with Crippen molar-refractivity contribution in [2.45, 2.75) is 6.54 Å².